The van der Waals surface area contributed by atoms with Gasteiger partial charge in [-0.1, -0.05) is 33.2 Å². The second-order valence-electron chi connectivity index (χ2n) is 7.25. The van der Waals surface area contributed by atoms with Crippen LogP contribution < -0.4 is 5.32 Å². The third kappa shape index (κ3) is 4.43. The van der Waals surface area contributed by atoms with Crippen molar-refractivity contribution in [1.29, 1.82) is 0 Å². The van der Waals surface area contributed by atoms with Crippen LogP contribution in [0.2, 0.25) is 0 Å². The van der Waals surface area contributed by atoms with Crippen molar-refractivity contribution in [3.63, 3.8) is 0 Å². The van der Waals surface area contributed by atoms with Gasteiger partial charge in [-0.25, -0.2) is 0 Å². The standard InChI is InChI=1S/C22H21BrN4O3/c1-14-24-20(26-30-14)18-4-2-3-5-19(18)25-21(28)15-10-12-27(13-11-15)22(29)16-6-8-17(23)9-7-16/h2-9,15H,10-13H2,1H3,(H,25,28). The van der Waals surface area contributed by atoms with Crippen molar-refractivity contribution in [2.75, 3.05) is 18.4 Å². The summed E-state index contributed by atoms with van der Waals surface area (Å²) in [6.45, 7) is 2.83. The van der Waals surface area contributed by atoms with E-state index < -0.39 is 0 Å². The molecule has 2 aromatic carbocycles. The van der Waals surface area contributed by atoms with Gasteiger partial charge in [-0.2, -0.15) is 4.98 Å². The maximum atomic E-state index is 12.9. The highest BCUT2D eigenvalue weighted by molar-refractivity contribution is 9.10. The van der Waals surface area contributed by atoms with E-state index in [1.807, 2.05) is 53.4 Å². The van der Waals surface area contributed by atoms with Gasteiger partial charge in [0.2, 0.25) is 17.6 Å². The summed E-state index contributed by atoms with van der Waals surface area (Å²) in [5, 5.41) is 6.95. The highest BCUT2D eigenvalue weighted by atomic mass is 79.9. The molecule has 1 saturated heterocycles. The number of benzene rings is 2. The number of aryl methyl sites for hydroxylation is 1. The third-order valence-corrected chi connectivity index (χ3v) is 5.73. The molecule has 8 heteroatoms. The lowest BCUT2D eigenvalue weighted by Crippen LogP contribution is -2.41. The predicted molar refractivity (Wildman–Crippen MR) is 116 cm³/mol. The van der Waals surface area contributed by atoms with Crippen molar-refractivity contribution in [2.24, 2.45) is 5.92 Å². The Morgan fingerprint density at radius 2 is 1.80 bits per heavy atom. The molecular weight excluding hydrogens is 448 g/mol. The predicted octanol–water partition coefficient (Wildman–Crippen LogP) is 4.30. The smallest absolute Gasteiger partial charge is 0.253 e. The Labute approximate surface area is 182 Å². The van der Waals surface area contributed by atoms with Crippen LogP contribution in [0.1, 0.15) is 29.1 Å². The molecule has 4 rings (SSSR count). The fourth-order valence-corrected chi connectivity index (χ4v) is 3.81. The number of hydrogen-bond donors (Lipinski definition) is 1. The van der Waals surface area contributed by atoms with Gasteiger partial charge in [-0.05, 0) is 49.2 Å². The van der Waals surface area contributed by atoms with Crippen LogP contribution in [0.5, 0.6) is 0 Å². The largest absolute Gasteiger partial charge is 0.339 e. The molecule has 0 aliphatic carbocycles. The van der Waals surface area contributed by atoms with E-state index in [4.69, 9.17) is 4.52 Å². The monoisotopic (exact) mass is 468 g/mol. The molecule has 0 bridgehead atoms. The van der Waals surface area contributed by atoms with Crippen molar-refractivity contribution in [1.82, 2.24) is 15.0 Å². The van der Waals surface area contributed by atoms with Gasteiger partial charge in [-0.15, -0.1) is 0 Å². The van der Waals surface area contributed by atoms with E-state index in [0.717, 1.165) is 4.47 Å². The molecule has 7 nitrogen and oxygen atoms in total. The highest BCUT2D eigenvalue weighted by Gasteiger charge is 2.28. The molecule has 1 fully saturated rings. The van der Waals surface area contributed by atoms with Crippen LogP contribution >= 0.6 is 15.9 Å². The molecule has 1 N–H and O–H groups in total. The fraction of sp³-hybridized carbons (Fsp3) is 0.273. The van der Waals surface area contributed by atoms with Crippen LogP contribution in [0.3, 0.4) is 0 Å². The summed E-state index contributed by atoms with van der Waals surface area (Å²) in [7, 11) is 0. The van der Waals surface area contributed by atoms with Gasteiger partial charge >= 0.3 is 0 Å². The van der Waals surface area contributed by atoms with Gasteiger partial charge in [0.15, 0.2) is 0 Å². The molecule has 0 unspecified atom stereocenters. The zero-order valence-electron chi connectivity index (χ0n) is 16.5. The minimum absolute atomic E-state index is 0.000759. The summed E-state index contributed by atoms with van der Waals surface area (Å²) in [6, 6.07) is 14.7. The molecule has 1 aromatic heterocycles. The maximum Gasteiger partial charge on any atom is 0.253 e. The van der Waals surface area contributed by atoms with E-state index in [1.54, 1.807) is 6.92 Å². The van der Waals surface area contributed by atoms with E-state index in [1.165, 1.54) is 0 Å². The fourth-order valence-electron chi connectivity index (χ4n) is 3.55. The average molecular weight is 469 g/mol. The zero-order chi connectivity index (χ0) is 21.1. The number of nitrogens with one attached hydrogen (secondary N) is 1. The maximum absolute atomic E-state index is 12.9. The van der Waals surface area contributed by atoms with Crippen LogP contribution in [-0.2, 0) is 4.79 Å². The second-order valence-corrected chi connectivity index (χ2v) is 8.16. The van der Waals surface area contributed by atoms with Crippen molar-refractivity contribution in [3.8, 4) is 11.4 Å². The number of amides is 2. The number of carbonyl (C=O) groups excluding carboxylic acids is 2. The van der Waals surface area contributed by atoms with E-state index in [2.05, 4.69) is 31.4 Å². The Morgan fingerprint density at radius 3 is 2.47 bits per heavy atom. The van der Waals surface area contributed by atoms with Crippen LogP contribution in [-0.4, -0.2) is 39.9 Å². The molecule has 0 atom stereocenters. The van der Waals surface area contributed by atoms with Gasteiger partial charge in [-0.3, -0.25) is 9.59 Å². The SMILES string of the molecule is Cc1nc(-c2ccccc2NC(=O)C2CCN(C(=O)c3ccc(Br)cc3)CC2)no1. The molecule has 2 heterocycles. The number of nitrogens with zero attached hydrogens (tertiary/aromatic N) is 3. The minimum atomic E-state index is -0.154. The Bertz CT molecular complexity index is 1060. The van der Waals surface area contributed by atoms with E-state index in [-0.39, 0.29) is 17.7 Å². The lowest BCUT2D eigenvalue weighted by molar-refractivity contribution is -0.121. The van der Waals surface area contributed by atoms with E-state index in [0.29, 0.717) is 54.5 Å². The first kappa shape index (κ1) is 20.3. The summed E-state index contributed by atoms with van der Waals surface area (Å²) in [5.74, 6) is 0.698. The van der Waals surface area contributed by atoms with Crippen molar-refractivity contribution >= 4 is 33.4 Å². The van der Waals surface area contributed by atoms with Gasteiger partial charge < -0.3 is 14.7 Å². The molecule has 1 aliphatic heterocycles. The molecule has 0 saturated carbocycles. The minimum Gasteiger partial charge on any atom is -0.339 e. The molecule has 2 amide bonds. The normalized spacial score (nSPS) is 14.5. The van der Waals surface area contributed by atoms with Gasteiger partial charge in [0.05, 0.1) is 5.69 Å². The van der Waals surface area contributed by atoms with Crippen LogP contribution in [0, 0.1) is 12.8 Å². The molecule has 0 spiro atoms. The van der Waals surface area contributed by atoms with Crippen molar-refractivity contribution in [2.45, 2.75) is 19.8 Å². The summed E-state index contributed by atoms with van der Waals surface area (Å²) >= 11 is 3.38. The Balaban J connectivity index is 1.38. The van der Waals surface area contributed by atoms with Crippen LogP contribution in [0.4, 0.5) is 5.69 Å². The number of aromatic nitrogens is 2. The summed E-state index contributed by atoms with van der Waals surface area (Å²) in [4.78, 5) is 31.6. The molecular formula is C22H21BrN4O3. The quantitative estimate of drug-likeness (QED) is 0.616. The van der Waals surface area contributed by atoms with E-state index in [9.17, 15) is 9.59 Å². The zero-order valence-corrected chi connectivity index (χ0v) is 18.1. The first-order valence-corrected chi connectivity index (χ1v) is 10.6. The summed E-state index contributed by atoms with van der Waals surface area (Å²) in [6.07, 6.45) is 1.25. The lowest BCUT2D eigenvalue weighted by Gasteiger charge is -2.31. The summed E-state index contributed by atoms with van der Waals surface area (Å²) < 4.78 is 5.99. The molecule has 0 radical (unpaired) electrons. The Hall–Kier alpha value is -3.00. The number of piperidine rings is 1. The number of rotatable bonds is 4. The van der Waals surface area contributed by atoms with Gasteiger partial charge in [0.25, 0.3) is 5.91 Å². The molecule has 154 valence electrons. The second kappa shape index (κ2) is 8.79. The first-order chi connectivity index (χ1) is 14.5. The molecule has 3 aromatic rings. The first-order valence-electron chi connectivity index (χ1n) is 9.76. The van der Waals surface area contributed by atoms with Gasteiger partial charge in [0.1, 0.15) is 0 Å². The molecule has 30 heavy (non-hydrogen) atoms. The molecule has 1 aliphatic rings. The Kier molecular flexibility index (Phi) is 5.94. The summed E-state index contributed by atoms with van der Waals surface area (Å²) in [5.41, 5.74) is 2.02. The number of hydrogen-bond acceptors (Lipinski definition) is 5. The Morgan fingerprint density at radius 1 is 1.10 bits per heavy atom. The third-order valence-electron chi connectivity index (χ3n) is 5.20. The average Bonchev–Trinajstić information content (AvgIpc) is 3.20. The van der Waals surface area contributed by atoms with E-state index >= 15 is 0 Å². The number of halogens is 1. The number of para-hydroxylation sites is 1. The van der Waals surface area contributed by atoms with Gasteiger partial charge in [0, 0.05) is 41.5 Å². The number of likely N-dealkylation sites (tertiary alicyclic amines) is 1. The topological polar surface area (TPSA) is 88.3 Å². The van der Waals surface area contributed by atoms with Crippen LogP contribution in [0.15, 0.2) is 57.5 Å². The lowest BCUT2D eigenvalue weighted by atomic mass is 9.95. The number of anilines is 1. The van der Waals surface area contributed by atoms with Crippen molar-refractivity contribution < 1.29 is 14.1 Å². The highest BCUT2D eigenvalue weighted by Crippen LogP contribution is 2.27. The van der Waals surface area contributed by atoms with Crippen LogP contribution in [0.25, 0.3) is 11.4 Å². The number of carbonyl (C=O) groups is 2. The van der Waals surface area contributed by atoms with Crippen molar-refractivity contribution in [3.05, 3.63) is 64.5 Å².